The van der Waals surface area contributed by atoms with Crippen LogP contribution >= 0.6 is 34.7 Å². The molecule has 0 N–H and O–H groups in total. The lowest BCUT2D eigenvalue weighted by Crippen LogP contribution is -2.50. The van der Waals surface area contributed by atoms with Crippen LogP contribution in [0, 0.1) is 5.82 Å². The first-order valence-corrected chi connectivity index (χ1v) is 11.6. The highest BCUT2D eigenvalue weighted by molar-refractivity contribution is 8.01. The van der Waals surface area contributed by atoms with Crippen molar-refractivity contribution in [1.29, 1.82) is 0 Å². The van der Waals surface area contributed by atoms with Crippen molar-refractivity contribution in [2.75, 3.05) is 17.2 Å². The molecule has 1 aromatic heterocycles. The van der Waals surface area contributed by atoms with Gasteiger partial charge < -0.3 is 9.80 Å². The molecule has 4 nitrogen and oxygen atoms in total. The maximum Gasteiger partial charge on any atom is 0.268 e. The van der Waals surface area contributed by atoms with Crippen molar-refractivity contribution in [3.8, 4) is 0 Å². The number of carbonyl (C=O) groups excluding carboxylic acids is 2. The summed E-state index contributed by atoms with van der Waals surface area (Å²) in [5.74, 6) is -0.288. The average molecular weight is 459 g/mol. The molecular weight excluding hydrogens is 443 g/mol. The molecule has 2 amide bonds. The maximum absolute atomic E-state index is 14.3. The van der Waals surface area contributed by atoms with Gasteiger partial charge in [-0.05, 0) is 41.3 Å². The summed E-state index contributed by atoms with van der Waals surface area (Å²) in [4.78, 5) is 29.6. The molecule has 1 saturated heterocycles. The van der Waals surface area contributed by atoms with Gasteiger partial charge in [0, 0.05) is 22.9 Å². The minimum absolute atomic E-state index is 0.210. The Morgan fingerprint density at radius 1 is 1.17 bits per heavy atom. The van der Waals surface area contributed by atoms with Gasteiger partial charge in [0.1, 0.15) is 5.82 Å². The fraction of sp³-hybridized carbons (Fsp3) is 0.182. The molecule has 2 aliphatic rings. The second-order valence-electron chi connectivity index (χ2n) is 7.07. The summed E-state index contributed by atoms with van der Waals surface area (Å²) in [7, 11) is 0. The van der Waals surface area contributed by atoms with Crippen molar-refractivity contribution in [2.45, 2.75) is 11.4 Å². The van der Waals surface area contributed by atoms with Gasteiger partial charge in [0.25, 0.3) is 11.8 Å². The molecule has 3 aromatic rings. The lowest BCUT2D eigenvalue weighted by molar-refractivity contribution is -0.123. The summed E-state index contributed by atoms with van der Waals surface area (Å²) in [6.45, 7) is 0.670. The number of amides is 2. The fourth-order valence-electron chi connectivity index (χ4n) is 4.07. The highest BCUT2D eigenvalue weighted by Crippen LogP contribution is 2.55. The number of anilines is 1. The number of fused-ring (bicyclic) bond motifs is 2. The van der Waals surface area contributed by atoms with Gasteiger partial charge in [0.2, 0.25) is 0 Å². The number of hydrogen-bond acceptors (Lipinski definition) is 4. The Balaban J connectivity index is 1.62. The van der Waals surface area contributed by atoms with Crippen molar-refractivity contribution in [3.05, 3.63) is 86.8 Å². The van der Waals surface area contributed by atoms with E-state index < -0.39 is 10.7 Å². The van der Waals surface area contributed by atoms with E-state index in [1.165, 1.54) is 35.2 Å². The lowest BCUT2D eigenvalue weighted by atomic mass is 10.1. The zero-order valence-corrected chi connectivity index (χ0v) is 18.1. The Bertz CT molecular complexity index is 1150. The molecule has 2 aromatic carbocycles. The van der Waals surface area contributed by atoms with Gasteiger partial charge in [-0.15, -0.1) is 23.1 Å². The molecule has 0 saturated carbocycles. The van der Waals surface area contributed by atoms with Crippen molar-refractivity contribution < 1.29 is 14.0 Å². The number of benzene rings is 2. The number of thiophene rings is 1. The van der Waals surface area contributed by atoms with Crippen LogP contribution in [0.2, 0.25) is 5.02 Å². The SMILES string of the molecule is O=C(c1cccs1)N1CCS[C@@]12C(=O)N(Cc1ccccc1Cl)c1ccc(F)cc12. The summed E-state index contributed by atoms with van der Waals surface area (Å²) < 4.78 is 14.3. The van der Waals surface area contributed by atoms with E-state index in [1.807, 2.05) is 29.6 Å². The summed E-state index contributed by atoms with van der Waals surface area (Å²) in [6.07, 6.45) is 0. The predicted molar refractivity (Wildman–Crippen MR) is 119 cm³/mol. The zero-order chi connectivity index (χ0) is 20.9. The summed E-state index contributed by atoms with van der Waals surface area (Å²) in [5.41, 5.74) is 1.92. The van der Waals surface area contributed by atoms with Crippen molar-refractivity contribution in [1.82, 2.24) is 4.90 Å². The van der Waals surface area contributed by atoms with Gasteiger partial charge in [0.05, 0.1) is 17.1 Å². The number of carbonyl (C=O) groups is 2. The van der Waals surface area contributed by atoms with Crippen LogP contribution < -0.4 is 4.90 Å². The first kappa shape index (κ1) is 19.6. The smallest absolute Gasteiger partial charge is 0.268 e. The number of hydrogen-bond donors (Lipinski definition) is 0. The van der Waals surface area contributed by atoms with Crippen LogP contribution in [-0.2, 0) is 16.2 Å². The minimum atomic E-state index is -1.26. The van der Waals surface area contributed by atoms with E-state index in [0.717, 1.165) is 5.56 Å². The quantitative estimate of drug-likeness (QED) is 0.546. The van der Waals surface area contributed by atoms with Crippen LogP contribution in [0.15, 0.2) is 60.0 Å². The van der Waals surface area contributed by atoms with E-state index in [4.69, 9.17) is 11.6 Å². The van der Waals surface area contributed by atoms with E-state index in [1.54, 1.807) is 28.0 Å². The second kappa shape index (κ2) is 7.41. The number of thioether (sulfide) groups is 1. The zero-order valence-electron chi connectivity index (χ0n) is 15.7. The molecule has 0 aliphatic carbocycles. The van der Waals surface area contributed by atoms with Gasteiger partial charge in [0.15, 0.2) is 4.87 Å². The molecule has 30 heavy (non-hydrogen) atoms. The van der Waals surface area contributed by atoms with E-state index in [-0.39, 0.29) is 18.4 Å². The van der Waals surface area contributed by atoms with Crippen LogP contribution in [0.1, 0.15) is 20.8 Å². The van der Waals surface area contributed by atoms with Crippen LogP contribution in [0.4, 0.5) is 10.1 Å². The van der Waals surface area contributed by atoms with Gasteiger partial charge in [-0.2, -0.15) is 0 Å². The molecule has 8 heteroatoms. The molecule has 1 fully saturated rings. The highest BCUT2D eigenvalue weighted by atomic mass is 35.5. The summed E-state index contributed by atoms with van der Waals surface area (Å²) in [5, 5.41) is 2.39. The number of rotatable bonds is 3. The van der Waals surface area contributed by atoms with E-state index in [0.29, 0.717) is 33.4 Å². The molecule has 3 heterocycles. The lowest BCUT2D eigenvalue weighted by Gasteiger charge is -2.33. The third-order valence-corrected chi connectivity index (χ3v) is 8.06. The molecule has 0 radical (unpaired) electrons. The monoisotopic (exact) mass is 458 g/mol. The Labute approximate surface area is 186 Å². The molecule has 5 rings (SSSR count). The number of nitrogens with zero attached hydrogens (tertiary/aromatic N) is 2. The normalized spacial score (nSPS) is 20.3. The largest absolute Gasteiger partial charge is 0.310 e. The third kappa shape index (κ3) is 2.87. The first-order chi connectivity index (χ1) is 14.5. The molecule has 152 valence electrons. The first-order valence-electron chi connectivity index (χ1n) is 9.37. The Hall–Kier alpha value is -2.35. The molecule has 1 atom stereocenters. The molecule has 0 bridgehead atoms. The van der Waals surface area contributed by atoms with Crippen molar-refractivity contribution in [2.24, 2.45) is 0 Å². The van der Waals surface area contributed by atoms with E-state index in [2.05, 4.69) is 0 Å². The molecular formula is C22H16ClFN2O2S2. The Morgan fingerprint density at radius 3 is 2.77 bits per heavy atom. The Morgan fingerprint density at radius 2 is 2.00 bits per heavy atom. The van der Waals surface area contributed by atoms with Gasteiger partial charge in [-0.1, -0.05) is 35.9 Å². The Kier molecular flexibility index (Phi) is 4.84. The summed E-state index contributed by atoms with van der Waals surface area (Å²) in [6, 6.07) is 15.2. The molecule has 0 unspecified atom stereocenters. The van der Waals surface area contributed by atoms with Crippen molar-refractivity contribution in [3.63, 3.8) is 0 Å². The van der Waals surface area contributed by atoms with Crippen LogP contribution in [-0.4, -0.2) is 29.0 Å². The standard InChI is InChI=1S/C22H16ClFN2O2S2/c23-17-5-2-1-4-14(17)13-25-18-8-7-15(24)12-16(18)22(21(25)28)26(9-11-30-22)20(27)19-6-3-10-29-19/h1-8,10,12H,9,11,13H2/t22-/m0/s1. The molecule has 1 spiro atoms. The van der Waals surface area contributed by atoms with Gasteiger partial charge in [-0.3, -0.25) is 9.59 Å². The highest BCUT2D eigenvalue weighted by Gasteiger charge is 2.59. The predicted octanol–water partition coefficient (Wildman–Crippen LogP) is 5.13. The minimum Gasteiger partial charge on any atom is -0.310 e. The van der Waals surface area contributed by atoms with E-state index in [9.17, 15) is 14.0 Å². The second-order valence-corrected chi connectivity index (χ2v) is 9.71. The average Bonchev–Trinajstić information content (AvgIpc) is 3.47. The third-order valence-electron chi connectivity index (χ3n) is 5.42. The van der Waals surface area contributed by atoms with Crippen LogP contribution in [0.3, 0.4) is 0 Å². The number of halogens is 2. The fourth-order valence-corrected chi connectivity index (χ4v) is 6.39. The summed E-state index contributed by atoms with van der Waals surface area (Å²) >= 11 is 9.05. The van der Waals surface area contributed by atoms with Crippen molar-refractivity contribution >= 4 is 52.2 Å². The van der Waals surface area contributed by atoms with Gasteiger partial charge >= 0.3 is 0 Å². The van der Waals surface area contributed by atoms with E-state index >= 15 is 0 Å². The van der Waals surface area contributed by atoms with Crippen LogP contribution in [0.25, 0.3) is 0 Å². The van der Waals surface area contributed by atoms with Crippen LogP contribution in [0.5, 0.6) is 0 Å². The molecule has 2 aliphatic heterocycles. The topological polar surface area (TPSA) is 40.6 Å². The van der Waals surface area contributed by atoms with Gasteiger partial charge in [-0.25, -0.2) is 4.39 Å². The maximum atomic E-state index is 14.3.